The molecule has 0 spiro atoms. The fourth-order valence-electron chi connectivity index (χ4n) is 2.31. The van der Waals surface area contributed by atoms with E-state index < -0.39 is 0 Å². The molecule has 2 unspecified atom stereocenters. The molecule has 1 amide bonds. The summed E-state index contributed by atoms with van der Waals surface area (Å²) >= 11 is 4.81. The molecule has 0 aromatic carbocycles. The predicted molar refractivity (Wildman–Crippen MR) is 80.1 cm³/mol. The van der Waals surface area contributed by atoms with Gasteiger partial charge in [-0.2, -0.15) is 0 Å². The van der Waals surface area contributed by atoms with Gasteiger partial charge in [0.15, 0.2) is 0 Å². The molecule has 1 aliphatic heterocycles. The van der Waals surface area contributed by atoms with Crippen LogP contribution in [0.5, 0.6) is 0 Å². The van der Waals surface area contributed by atoms with Crippen molar-refractivity contribution in [3.63, 3.8) is 0 Å². The summed E-state index contributed by atoms with van der Waals surface area (Å²) in [6, 6.07) is 0. The van der Waals surface area contributed by atoms with Gasteiger partial charge in [0, 0.05) is 46.1 Å². The number of carbonyl (C=O) groups is 1. The minimum atomic E-state index is 0.142. The summed E-state index contributed by atoms with van der Waals surface area (Å²) in [4.78, 5) is 16.4. The molecule has 19 heavy (non-hydrogen) atoms. The van der Waals surface area contributed by atoms with E-state index in [0.29, 0.717) is 24.4 Å². The first-order chi connectivity index (χ1) is 8.88. The maximum atomic E-state index is 11.9. The third-order valence-electron chi connectivity index (χ3n) is 3.26. The number of nitrogens with two attached hydrogens (primary N) is 1. The maximum Gasteiger partial charge on any atom is 0.223 e. The Morgan fingerprint density at radius 1 is 1.37 bits per heavy atom. The highest BCUT2D eigenvalue weighted by Gasteiger charge is 2.22. The standard InChI is InChI=1S/C13H25N3O2S/c1-10-8-16(9-11(2)18-10)7-5-13(17)15(3)6-4-12(14)19/h10-11H,4-9H2,1-3H3,(H2,14,19). The number of carbonyl (C=O) groups excluding carboxylic acids is 1. The summed E-state index contributed by atoms with van der Waals surface area (Å²) in [5, 5.41) is 0. The normalized spacial score (nSPS) is 24.2. The molecule has 0 aromatic heterocycles. The van der Waals surface area contributed by atoms with E-state index in [1.165, 1.54) is 0 Å². The minimum absolute atomic E-state index is 0.142. The van der Waals surface area contributed by atoms with Gasteiger partial charge < -0.3 is 15.4 Å². The zero-order valence-corrected chi connectivity index (χ0v) is 12.9. The molecule has 6 heteroatoms. The zero-order chi connectivity index (χ0) is 14.4. The molecule has 1 fully saturated rings. The van der Waals surface area contributed by atoms with Crippen molar-refractivity contribution in [1.29, 1.82) is 0 Å². The number of thiocarbonyl (C=S) groups is 1. The van der Waals surface area contributed by atoms with Crippen LogP contribution in [0.2, 0.25) is 0 Å². The summed E-state index contributed by atoms with van der Waals surface area (Å²) in [5.41, 5.74) is 5.43. The lowest BCUT2D eigenvalue weighted by atomic mass is 10.2. The van der Waals surface area contributed by atoms with Crippen LogP contribution in [0.4, 0.5) is 0 Å². The van der Waals surface area contributed by atoms with Crippen molar-refractivity contribution in [3.8, 4) is 0 Å². The summed E-state index contributed by atoms with van der Waals surface area (Å²) in [6.45, 7) is 7.32. The molecule has 5 nitrogen and oxygen atoms in total. The largest absolute Gasteiger partial charge is 0.393 e. The van der Waals surface area contributed by atoms with Crippen molar-refractivity contribution in [2.45, 2.75) is 38.9 Å². The summed E-state index contributed by atoms with van der Waals surface area (Å²) in [5.74, 6) is 0.142. The van der Waals surface area contributed by atoms with Gasteiger partial charge in [-0.1, -0.05) is 12.2 Å². The Morgan fingerprint density at radius 2 is 1.95 bits per heavy atom. The fourth-order valence-corrected chi connectivity index (χ4v) is 2.41. The number of amides is 1. The number of ether oxygens (including phenoxy) is 1. The Morgan fingerprint density at radius 3 is 2.47 bits per heavy atom. The highest BCUT2D eigenvalue weighted by atomic mass is 32.1. The van der Waals surface area contributed by atoms with Gasteiger partial charge in [0.2, 0.25) is 5.91 Å². The smallest absolute Gasteiger partial charge is 0.223 e. The van der Waals surface area contributed by atoms with Crippen LogP contribution in [-0.2, 0) is 9.53 Å². The number of nitrogens with zero attached hydrogens (tertiary/aromatic N) is 2. The van der Waals surface area contributed by atoms with Gasteiger partial charge in [-0.05, 0) is 13.8 Å². The summed E-state index contributed by atoms with van der Waals surface area (Å²) in [6.07, 6.45) is 1.61. The van der Waals surface area contributed by atoms with Crippen LogP contribution < -0.4 is 5.73 Å². The molecule has 1 rings (SSSR count). The number of hydrogen-bond donors (Lipinski definition) is 1. The van der Waals surface area contributed by atoms with E-state index in [2.05, 4.69) is 18.7 Å². The topological polar surface area (TPSA) is 58.8 Å². The Bertz CT molecular complexity index is 315. The van der Waals surface area contributed by atoms with Crippen LogP contribution in [0.15, 0.2) is 0 Å². The molecule has 0 aliphatic carbocycles. The van der Waals surface area contributed by atoms with Crippen LogP contribution in [0, 0.1) is 0 Å². The van der Waals surface area contributed by atoms with Crippen molar-refractivity contribution in [1.82, 2.24) is 9.80 Å². The first-order valence-electron chi connectivity index (χ1n) is 6.78. The number of hydrogen-bond acceptors (Lipinski definition) is 4. The average molecular weight is 287 g/mol. The average Bonchev–Trinajstić information content (AvgIpc) is 2.31. The zero-order valence-electron chi connectivity index (χ0n) is 12.1. The van der Waals surface area contributed by atoms with Crippen LogP contribution in [-0.4, -0.2) is 66.1 Å². The third kappa shape index (κ3) is 6.31. The second kappa shape index (κ2) is 7.77. The van der Waals surface area contributed by atoms with E-state index in [1.54, 1.807) is 11.9 Å². The van der Waals surface area contributed by atoms with Gasteiger partial charge in [0.1, 0.15) is 0 Å². The van der Waals surface area contributed by atoms with Crippen molar-refractivity contribution in [2.24, 2.45) is 5.73 Å². The van der Waals surface area contributed by atoms with Crippen molar-refractivity contribution in [3.05, 3.63) is 0 Å². The van der Waals surface area contributed by atoms with Crippen LogP contribution in [0.1, 0.15) is 26.7 Å². The monoisotopic (exact) mass is 287 g/mol. The molecule has 0 saturated carbocycles. The lowest BCUT2D eigenvalue weighted by Gasteiger charge is -2.35. The Balaban J connectivity index is 2.27. The van der Waals surface area contributed by atoms with E-state index in [1.807, 2.05) is 0 Å². The summed E-state index contributed by atoms with van der Waals surface area (Å²) < 4.78 is 5.67. The second-order valence-corrected chi connectivity index (χ2v) is 5.82. The maximum absolute atomic E-state index is 11.9. The highest BCUT2D eigenvalue weighted by molar-refractivity contribution is 7.80. The molecular weight excluding hydrogens is 262 g/mol. The molecule has 1 aliphatic rings. The van der Waals surface area contributed by atoms with Gasteiger partial charge in [-0.25, -0.2) is 0 Å². The Hall–Kier alpha value is -0.720. The predicted octanol–water partition coefficient (Wildman–Crippen LogP) is 0.620. The lowest BCUT2D eigenvalue weighted by molar-refractivity contribution is -0.131. The molecule has 2 atom stereocenters. The van der Waals surface area contributed by atoms with E-state index in [9.17, 15) is 4.79 Å². The summed E-state index contributed by atoms with van der Waals surface area (Å²) in [7, 11) is 1.80. The van der Waals surface area contributed by atoms with Gasteiger partial charge in [0.25, 0.3) is 0 Å². The van der Waals surface area contributed by atoms with E-state index in [-0.39, 0.29) is 18.1 Å². The molecule has 0 bridgehead atoms. The highest BCUT2D eigenvalue weighted by Crippen LogP contribution is 2.11. The SMILES string of the molecule is CC1CN(CCC(=O)N(C)CCC(N)=S)CC(C)O1. The Labute approximate surface area is 121 Å². The van der Waals surface area contributed by atoms with Crippen molar-refractivity contribution >= 4 is 23.1 Å². The molecule has 2 N–H and O–H groups in total. The van der Waals surface area contributed by atoms with Gasteiger partial charge in [-0.3, -0.25) is 9.69 Å². The first-order valence-corrected chi connectivity index (χ1v) is 7.19. The van der Waals surface area contributed by atoms with Gasteiger partial charge in [-0.15, -0.1) is 0 Å². The van der Waals surface area contributed by atoms with E-state index in [0.717, 1.165) is 19.6 Å². The molecule has 1 saturated heterocycles. The van der Waals surface area contributed by atoms with Crippen LogP contribution in [0.25, 0.3) is 0 Å². The van der Waals surface area contributed by atoms with Crippen molar-refractivity contribution < 1.29 is 9.53 Å². The minimum Gasteiger partial charge on any atom is -0.393 e. The Kier molecular flexibility index (Phi) is 6.68. The second-order valence-electron chi connectivity index (χ2n) is 5.30. The van der Waals surface area contributed by atoms with Crippen molar-refractivity contribution in [2.75, 3.05) is 33.2 Å². The first kappa shape index (κ1) is 16.3. The third-order valence-corrected chi connectivity index (χ3v) is 3.46. The molecule has 0 aromatic rings. The van der Waals surface area contributed by atoms with Crippen LogP contribution in [0.3, 0.4) is 0 Å². The molecule has 1 heterocycles. The number of rotatable bonds is 6. The number of morpholine rings is 1. The van der Waals surface area contributed by atoms with E-state index in [4.69, 9.17) is 22.7 Å². The quantitative estimate of drug-likeness (QED) is 0.726. The molecule has 110 valence electrons. The molecular formula is C13H25N3O2S. The molecule has 0 radical (unpaired) electrons. The van der Waals surface area contributed by atoms with Gasteiger partial charge >= 0.3 is 0 Å². The van der Waals surface area contributed by atoms with Gasteiger partial charge in [0.05, 0.1) is 17.2 Å². The fraction of sp³-hybridized carbons (Fsp3) is 0.846. The van der Waals surface area contributed by atoms with Crippen LogP contribution >= 0.6 is 12.2 Å². The van der Waals surface area contributed by atoms with E-state index >= 15 is 0 Å². The lowest BCUT2D eigenvalue weighted by Crippen LogP contribution is -2.46.